The van der Waals surface area contributed by atoms with Gasteiger partial charge >= 0.3 is 0 Å². The van der Waals surface area contributed by atoms with E-state index in [1.165, 1.54) is 0 Å². The van der Waals surface area contributed by atoms with Gasteiger partial charge in [-0.1, -0.05) is 12.1 Å². The highest BCUT2D eigenvalue weighted by molar-refractivity contribution is 6.17. The minimum absolute atomic E-state index is 0.160. The van der Waals surface area contributed by atoms with E-state index in [-0.39, 0.29) is 5.91 Å². The van der Waals surface area contributed by atoms with Crippen molar-refractivity contribution >= 4 is 23.2 Å². The second-order valence-electron chi connectivity index (χ2n) is 4.06. The standard InChI is InChI=1S/C13H14ClN3O/c1-9-12(8-15-17(9)2)13(18)16-11-5-3-4-10(6-11)7-14/h3-6,8H,7H2,1-2H3,(H,16,18). The van der Waals surface area contributed by atoms with Crippen LogP contribution in [0.2, 0.25) is 0 Å². The first kappa shape index (κ1) is 12.6. The van der Waals surface area contributed by atoms with Crippen LogP contribution in [0.4, 0.5) is 5.69 Å². The van der Waals surface area contributed by atoms with E-state index < -0.39 is 0 Å². The van der Waals surface area contributed by atoms with Gasteiger partial charge < -0.3 is 5.32 Å². The Morgan fingerprint density at radius 3 is 2.89 bits per heavy atom. The van der Waals surface area contributed by atoms with E-state index in [0.29, 0.717) is 11.4 Å². The highest BCUT2D eigenvalue weighted by Crippen LogP contribution is 2.14. The predicted octanol–water partition coefficient (Wildman–Crippen LogP) is 2.72. The van der Waals surface area contributed by atoms with Crippen molar-refractivity contribution < 1.29 is 4.79 Å². The zero-order chi connectivity index (χ0) is 13.1. The number of rotatable bonds is 3. The first-order chi connectivity index (χ1) is 8.61. The quantitative estimate of drug-likeness (QED) is 0.866. The van der Waals surface area contributed by atoms with Crippen molar-refractivity contribution in [2.75, 3.05) is 5.32 Å². The zero-order valence-electron chi connectivity index (χ0n) is 10.3. The molecule has 1 aromatic carbocycles. The Morgan fingerprint density at radius 1 is 1.50 bits per heavy atom. The van der Waals surface area contributed by atoms with E-state index in [1.807, 2.05) is 31.2 Å². The molecule has 1 heterocycles. The third kappa shape index (κ3) is 2.54. The van der Waals surface area contributed by atoms with Crippen LogP contribution in [0, 0.1) is 6.92 Å². The maximum absolute atomic E-state index is 12.1. The highest BCUT2D eigenvalue weighted by atomic mass is 35.5. The van der Waals surface area contributed by atoms with E-state index in [4.69, 9.17) is 11.6 Å². The van der Waals surface area contributed by atoms with Gasteiger partial charge in [0.2, 0.25) is 0 Å². The number of halogens is 1. The molecule has 0 aliphatic rings. The molecule has 18 heavy (non-hydrogen) atoms. The van der Waals surface area contributed by atoms with Gasteiger partial charge in [0.15, 0.2) is 0 Å². The normalized spacial score (nSPS) is 10.4. The van der Waals surface area contributed by atoms with E-state index in [9.17, 15) is 4.79 Å². The molecule has 0 bridgehead atoms. The molecule has 0 saturated carbocycles. The lowest BCUT2D eigenvalue weighted by atomic mass is 10.2. The number of amides is 1. The molecule has 2 aromatic rings. The van der Waals surface area contributed by atoms with Crippen LogP contribution in [0.15, 0.2) is 30.5 Å². The van der Waals surface area contributed by atoms with Crippen molar-refractivity contribution in [1.82, 2.24) is 9.78 Å². The van der Waals surface area contributed by atoms with E-state index in [2.05, 4.69) is 10.4 Å². The van der Waals surface area contributed by atoms with Crippen LogP contribution in [0.5, 0.6) is 0 Å². The first-order valence-corrected chi connectivity index (χ1v) is 6.10. The average molecular weight is 264 g/mol. The summed E-state index contributed by atoms with van der Waals surface area (Å²) in [6.07, 6.45) is 1.57. The van der Waals surface area contributed by atoms with Crippen LogP contribution < -0.4 is 5.32 Å². The summed E-state index contributed by atoms with van der Waals surface area (Å²) in [6.45, 7) is 1.86. The third-order valence-electron chi connectivity index (χ3n) is 2.82. The minimum atomic E-state index is -0.160. The Morgan fingerprint density at radius 2 is 2.28 bits per heavy atom. The zero-order valence-corrected chi connectivity index (χ0v) is 11.0. The summed E-state index contributed by atoms with van der Waals surface area (Å²) in [5, 5.41) is 6.88. The molecule has 0 aliphatic heterocycles. The maximum atomic E-state index is 12.1. The summed E-state index contributed by atoms with van der Waals surface area (Å²) in [7, 11) is 1.81. The number of hydrogen-bond donors (Lipinski definition) is 1. The summed E-state index contributed by atoms with van der Waals surface area (Å²) < 4.78 is 1.67. The van der Waals surface area contributed by atoms with Crippen molar-refractivity contribution in [3.63, 3.8) is 0 Å². The monoisotopic (exact) mass is 263 g/mol. The molecule has 1 amide bonds. The van der Waals surface area contributed by atoms with Gasteiger partial charge in [-0.15, -0.1) is 11.6 Å². The lowest BCUT2D eigenvalue weighted by Crippen LogP contribution is -2.13. The number of alkyl halides is 1. The van der Waals surface area contributed by atoms with Gasteiger partial charge in [-0.05, 0) is 24.6 Å². The Kier molecular flexibility index (Phi) is 3.67. The molecule has 0 radical (unpaired) electrons. The molecule has 0 aliphatic carbocycles. The van der Waals surface area contributed by atoms with Gasteiger partial charge in [0.05, 0.1) is 11.8 Å². The fourth-order valence-corrected chi connectivity index (χ4v) is 1.82. The van der Waals surface area contributed by atoms with Crippen molar-refractivity contribution in [3.8, 4) is 0 Å². The highest BCUT2D eigenvalue weighted by Gasteiger charge is 2.12. The van der Waals surface area contributed by atoms with Crippen molar-refractivity contribution in [3.05, 3.63) is 47.3 Å². The van der Waals surface area contributed by atoms with Gasteiger partial charge in [0.25, 0.3) is 5.91 Å². The van der Waals surface area contributed by atoms with Crippen molar-refractivity contribution in [2.45, 2.75) is 12.8 Å². The number of hydrogen-bond acceptors (Lipinski definition) is 2. The lowest BCUT2D eigenvalue weighted by molar-refractivity contribution is 0.102. The SMILES string of the molecule is Cc1c(C(=O)Nc2cccc(CCl)c2)cnn1C. The summed E-state index contributed by atoms with van der Waals surface area (Å²) in [6, 6.07) is 7.47. The number of benzene rings is 1. The largest absolute Gasteiger partial charge is 0.322 e. The lowest BCUT2D eigenvalue weighted by Gasteiger charge is -2.06. The molecular formula is C13H14ClN3O. The molecule has 0 spiro atoms. The summed E-state index contributed by atoms with van der Waals surface area (Å²) in [4.78, 5) is 12.1. The third-order valence-corrected chi connectivity index (χ3v) is 3.13. The van der Waals surface area contributed by atoms with Crippen LogP contribution in [0.25, 0.3) is 0 Å². The molecule has 1 aromatic heterocycles. The van der Waals surface area contributed by atoms with Crippen LogP contribution in [-0.4, -0.2) is 15.7 Å². The fraction of sp³-hybridized carbons (Fsp3) is 0.231. The smallest absolute Gasteiger partial charge is 0.259 e. The van der Waals surface area contributed by atoms with Gasteiger partial charge in [-0.25, -0.2) is 0 Å². The van der Waals surface area contributed by atoms with Gasteiger partial charge in [-0.3, -0.25) is 9.48 Å². The number of carbonyl (C=O) groups excluding carboxylic acids is 1. The first-order valence-electron chi connectivity index (χ1n) is 5.56. The Labute approximate surface area is 111 Å². The molecule has 1 N–H and O–H groups in total. The number of nitrogens with one attached hydrogen (secondary N) is 1. The maximum Gasteiger partial charge on any atom is 0.259 e. The summed E-state index contributed by atoms with van der Waals surface area (Å²) in [5.41, 5.74) is 3.12. The summed E-state index contributed by atoms with van der Waals surface area (Å²) in [5.74, 6) is 0.266. The molecule has 94 valence electrons. The number of nitrogens with zero attached hydrogens (tertiary/aromatic N) is 2. The number of aromatic nitrogens is 2. The van der Waals surface area contributed by atoms with E-state index >= 15 is 0 Å². The van der Waals surface area contributed by atoms with Crippen molar-refractivity contribution in [2.24, 2.45) is 7.05 Å². The fourth-order valence-electron chi connectivity index (χ4n) is 1.65. The molecule has 5 heteroatoms. The van der Waals surface area contributed by atoms with Gasteiger partial charge in [-0.2, -0.15) is 5.10 Å². The van der Waals surface area contributed by atoms with Gasteiger partial charge in [0, 0.05) is 24.3 Å². The van der Waals surface area contributed by atoms with Crippen LogP contribution in [-0.2, 0) is 12.9 Å². The Balaban J connectivity index is 2.18. The topological polar surface area (TPSA) is 46.9 Å². The molecular weight excluding hydrogens is 250 g/mol. The molecule has 0 saturated heterocycles. The second kappa shape index (κ2) is 5.23. The van der Waals surface area contributed by atoms with Crippen LogP contribution >= 0.6 is 11.6 Å². The predicted molar refractivity (Wildman–Crippen MR) is 71.9 cm³/mol. The number of carbonyl (C=O) groups is 1. The number of aryl methyl sites for hydroxylation is 1. The second-order valence-corrected chi connectivity index (χ2v) is 4.32. The Hall–Kier alpha value is -1.81. The summed E-state index contributed by atoms with van der Waals surface area (Å²) >= 11 is 5.75. The van der Waals surface area contributed by atoms with E-state index in [0.717, 1.165) is 16.9 Å². The molecule has 0 unspecified atom stereocenters. The number of anilines is 1. The minimum Gasteiger partial charge on any atom is -0.322 e. The van der Waals surface area contributed by atoms with Gasteiger partial charge in [0.1, 0.15) is 0 Å². The molecule has 0 atom stereocenters. The van der Waals surface area contributed by atoms with E-state index in [1.54, 1.807) is 17.9 Å². The molecule has 0 fully saturated rings. The van der Waals surface area contributed by atoms with Crippen molar-refractivity contribution in [1.29, 1.82) is 0 Å². The van der Waals surface area contributed by atoms with Crippen LogP contribution in [0.3, 0.4) is 0 Å². The average Bonchev–Trinajstić information content (AvgIpc) is 2.70. The molecule has 2 rings (SSSR count). The Bertz CT molecular complexity index is 577. The van der Waals surface area contributed by atoms with Crippen LogP contribution in [0.1, 0.15) is 21.6 Å². The molecule has 4 nitrogen and oxygen atoms in total.